The van der Waals surface area contributed by atoms with E-state index >= 15 is 0 Å². The maximum Gasteiger partial charge on any atom is 0.407 e. The van der Waals surface area contributed by atoms with Gasteiger partial charge in [0.25, 0.3) is 0 Å². The van der Waals surface area contributed by atoms with Gasteiger partial charge in [0.15, 0.2) is 0 Å². The number of hydrogen-bond acceptors (Lipinski definition) is 4. The van der Waals surface area contributed by atoms with Crippen LogP contribution in [0.25, 0.3) is 10.4 Å². The van der Waals surface area contributed by atoms with Crippen LogP contribution in [0.4, 0.5) is 4.79 Å². The summed E-state index contributed by atoms with van der Waals surface area (Å²) in [5, 5.41) is 16.3. The highest BCUT2D eigenvalue weighted by atomic mass is 16.6. The summed E-state index contributed by atoms with van der Waals surface area (Å²) >= 11 is 0. The lowest BCUT2D eigenvalue weighted by Gasteiger charge is -2.30. The fraction of sp³-hybridized carbons (Fsp3) is 0.933. The Morgan fingerprint density at radius 2 is 2.05 bits per heavy atom. The average Bonchev–Trinajstić information content (AvgIpc) is 2.43. The Labute approximate surface area is 132 Å². The van der Waals surface area contributed by atoms with Gasteiger partial charge in [-0.2, -0.15) is 0 Å². The number of rotatable bonds is 6. The molecule has 1 fully saturated rings. The largest absolute Gasteiger partial charge is 0.444 e. The first kappa shape index (κ1) is 18.6. The van der Waals surface area contributed by atoms with E-state index in [2.05, 4.69) is 15.3 Å². The topological polar surface area (TPSA) is 107 Å². The molecule has 22 heavy (non-hydrogen) atoms. The number of carbonyl (C=O) groups is 1. The third-order valence-corrected chi connectivity index (χ3v) is 3.81. The first-order valence-electron chi connectivity index (χ1n) is 8.00. The van der Waals surface area contributed by atoms with Crippen LogP contribution in [-0.4, -0.2) is 35.5 Å². The minimum Gasteiger partial charge on any atom is -0.444 e. The fourth-order valence-corrected chi connectivity index (χ4v) is 2.80. The van der Waals surface area contributed by atoms with Gasteiger partial charge in [0, 0.05) is 4.91 Å². The maximum atomic E-state index is 11.9. The van der Waals surface area contributed by atoms with Gasteiger partial charge in [-0.05, 0) is 38.6 Å². The zero-order valence-corrected chi connectivity index (χ0v) is 13.8. The van der Waals surface area contributed by atoms with Gasteiger partial charge in [0.05, 0.1) is 18.7 Å². The number of hydrogen-bond donors (Lipinski definition) is 2. The van der Waals surface area contributed by atoms with E-state index in [9.17, 15) is 9.90 Å². The summed E-state index contributed by atoms with van der Waals surface area (Å²) in [6.45, 7) is 5.32. The standard InChI is InChI=1S/C15H28N4O3/c1-15(2,3)22-14(21)18-12(13(20)10-17-19-16)9-11-7-5-4-6-8-11/h11-13,20H,4-10H2,1-3H3,(H,18,21)/t12-,13-/m0/s1. The van der Waals surface area contributed by atoms with Crippen molar-refractivity contribution >= 4 is 6.09 Å². The number of amides is 1. The molecule has 2 N–H and O–H groups in total. The summed E-state index contributed by atoms with van der Waals surface area (Å²) in [5.41, 5.74) is 7.80. The molecule has 0 aliphatic heterocycles. The van der Waals surface area contributed by atoms with Gasteiger partial charge < -0.3 is 15.2 Å². The molecule has 2 atom stereocenters. The molecule has 0 aromatic rings. The molecule has 0 saturated heterocycles. The highest BCUT2D eigenvalue weighted by molar-refractivity contribution is 5.68. The predicted molar refractivity (Wildman–Crippen MR) is 84.4 cm³/mol. The molecule has 1 aliphatic rings. The molecule has 0 heterocycles. The van der Waals surface area contributed by atoms with Crippen LogP contribution < -0.4 is 5.32 Å². The zero-order chi connectivity index (χ0) is 16.6. The second-order valence-electron chi connectivity index (χ2n) is 6.97. The van der Waals surface area contributed by atoms with E-state index in [1.54, 1.807) is 20.8 Å². The van der Waals surface area contributed by atoms with E-state index in [1.807, 2.05) is 0 Å². The number of aliphatic hydroxyl groups excluding tert-OH is 1. The van der Waals surface area contributed by atoms with Gasteiger partial charge in [-0.3, -0.25) is 0 Å². The number of alkyl carbamates (subject to hydrolysis) is 1. The highest BCUT2D eigenvalue weighted by Crippen LogP contribution is 2.28. The van der Waals surface area contributed by atoms with Crippen LogP contribution in [0.5, 0.6) is 0 Å². The number of nitrogens with one attached hydrogen (secondary N) is 1. The molecule has 0 unspecified atom stereocenters. The van der Waals surface area contributed by atoms with Crippen LogP contribution in [-0.2, 0) is 4.74 Å². The van der Waals surface area contributed by atoms with E-state index in [0.717, 1.165) is 12.8 Å². The van der Waals surface area contributed by atoms with Crippen LogP contribution in [0, 0.1) is 5.92 Å². The van der Waals surface area contributed by atoms with Crippen LogP contribution in [0.1, 0.15) is 59.3 Å². The summed E-state index contributed by atoms with van der Waals surface area (Å²) < 4.78 is 5.25. The number of ether oxygens (including phenoxy) is 1. The van der Waals surface area contributed by atoms with Crippen molar-refractivity contribution in [3.05, 3.63) is 10.4 Å². The first-order valence-corrected chi connectivity index (χ1v) is 8.00. The minimum atomic E-state index is -0.898. The fourth-order valence-electron chi connectivity index (χ4n) is 2.80. The SMILES string of the molecule is CC(C)(C)OC(=O)N[C@@H](CC1CCCCC1)[C@@H](O)CN=[N+]=[N-]. The van der Waals surface area contributed by atoms with Gasteiger partial charge >= 0.3 is 6.09 Å². The van der Waals surface area contributed by atoms with Crippen molar-refractivity contribution in [1.82, 2.24) is 5.32 Å². The Balaban J connectivity index is 2.63. The van der Waals surface area contributed by atoms with Crippen LogP contribution in [0.2, 0.25) is 0 Å². The van der Waals surface area contributed by atoms with Crippen molar-refractivity contribution in [1.29, 1.82) is 0 Å². The van der Waals surface area contributed by atoms with E-state index in [-0.39, 0.29) is 6.54 Å². The predicted octanol–water partition coefficient (Wildman–Crippen LogP) is 3.52. The molecule has 0 bridgehead atoms. The van der Waals surface area contributed by atoms with Crippen molar-refractivity contribution in [3.63, 3.8) is 0 Å². The second kappa shape index (κ2) is 8.86. The Morgan fingerprint density at radius 1 is 1.41 bits per heavy atom. The molecular formula is C15H28N4O3. The number of nitrogens with zero attached hydrogens (tertiary/aromatic N) is 3. The molecule has 0 radical (unpaired) electrons. The van der Waals surface area contributed by atoms with E-state index in [0.29, 0.717) is 12.3 Å². The van der Waals surface area contributed by atoms with Gasteiger partial charge in [-0.25, -0.2) is 4.79 Å². The molecule has 1 saturated carbocycles. The van der Waals surface area contributed by atoms with Crippen molar-refractivity contribution < 1.29 is 14.6 Å². The van der Waals surface area contributed by atoms with Crippen molar-refractivity contribution in [3.8, 4) is 0 Å². The Morgan fingerprint density at radius 3 is 2.59 bits per heavy atom. The average molecular weight is 312 g/mol. The summed E-state index contributed by atoms with van der Waals surface area (Å²) in [6.07, 6.45) is 5.09. The van der Waals surface area contributed by atoms with Crippen LogP contribution in [0.15, 0.2) is 5.11 Å². The normalized spacial score (nSPS) is 18.9. The van der Waals surface area contributed by atoms with Gasteiger partial charge in [-0.1, -0.05) is 37.2 Å². The Kier molecular flexibility index (Phi) is 7.48. The quantitative estimate of drug-likeness (QED) is 0.445. The number of aliphatic hydroxyl groups is 1. The van der Waals surface area contributed by atoms with Gasteiger partial charge in [-0.15, -0.1) is 0 Å². The van der Waals surface area contributed by atoms with E-state index in [1.165, 1.54) is 19.3 Å². The first-order chi connectivity index (χ1) is 10.3. The summed E-state index contributed by atoms with van der Waals surface area (Å²) in [4.78, 5) is 14.6. The second-order valence-corrected chi connectivity index (χ2v) is 6.97. The van der Waals surface area contributed by atoms with Crippen molar-refractivity contribution in [2.45, 2.75) is 77.0 Å². The molecule has 7 heteroatoms. The maximum absolute atomic E-state index is 11.9. The molecule has 1 rings (SSSR count). The molecule has 1 aliphatic carbocycles. The summed E-state index contributed by atoms with van der Waals surface area (Å²) in [7, 11) is 0. The lowest BCUT2D eigenvalue weighted by atomic mass is 9.83. The molecule has 7 nitrogen and oxygen atoms in total. The van der Waals surface area contributed by atoms with Crippen molar-refractivity contribution in [2.75, 3.05) is 6.54 Å². The monoisotopic (exact) mass is 312 g/mol. The minimum absolute atomic E-state index is 0.0519. The van der Waals surface area contributed by atoms with E-state index < -0.39 is 23.8 Å². The number of azide groups is 1. The lowest BCUT2D eigenvalue weighted by Crippen LogP contribution is -2.47. The van der Waals surface area contributed by atoms with Gasteiger partial charge in [0.2, 0.25) is 0 Å². The van der Waals surface area contributed by atoms with Crippen LogP contribution in [0.3, 0.4) is 0 Å². The smallest absolute Gasteiger partial charge is 0.407 e. The highest BCUT2D eigenvalue weighted by Gasteiger charge is 2.27. The third-order valence-electron chi connectivity index (χ3n) is 3.81. The molecule has 1 amide bonds. The molecular weight excluding hydrogens is 284 g/mol. The van der Waals surface area contributed by atoms with E-state index in [4.69, 9.17) is 10.3 Å². The third kappa shape index (κ3) is 7.52. The molecule has 0 aromatic heterocycles. The van der Waals surface area contributed by atoms with Crippen molar-refractivity contribution in [2.24, 2.45) is 11.0 Å². The van der Waals surface area contributed by atoms with Crippen LogP contribution >= 0.6 is 0 Å². The Hall–Kier alpha value is -1.46. The molecule has 0 aromatic carbocycles. The lowest BCUT2D eigenvalue weighted by molar-refractivity contribution is 0.0402. The number of carbonyl (C=O) groups excluding carboxylic acids is 1. The molecule has 126 valence electrons. The zero-order valence-electron chi connectivity index (χ0n) is 13.8. The molecule has 0 spiro atoms. The summed E-state index contributed by atoms with van der Waals surface area (Å²) in [6, 6.07) is -0.455. The van der Waals surface area contributed by atoms with Gasteiger partial charge in [0.1, 0.15) is 5.60 Å². The summed E-state index contributed by atoms with van der Waals surface area (Å²) in [5.74, 6) is 0.481. The Bertz CT molecular complexity index is 396.